The fraction of sp³-hybridized carbons (Fsp3) is 0.350. The van der Waals surface area contributed by atoms with Gasteiger partial charge in [0, 0.05) is 24.7 Å². The van der Waals surface area contributed by atoms with E-state index in [4.69, 9.17) is 0 Å². The largest absolute Gasteiger partial charge is 0.351 e. The third kappa shape index (κ3) is 5.87. The van der Waals surface area contributed by atoms with Crippen LogP contribution in [0.1, 0.15) is 42.2 Å². The molecule has 0 aromatic heterocycles. The summed E-state index contributed by atoms with van der Waals surface area (Å²) < 4.78 is 0. The normalized spacial score (nSPS) is 12.1. The van der Waals surface area contributed by atoms with Gasteiger partial charge in [0.05, 0.1) is 0 Å². The van der Waals surface area contributed by atoms with Gasteiger partial charge in [-0.05, 0) is 30.0 Å². The second kappa shape index (κ2) is 9.11. The molecule has 2 aromatic rings. The molecule has 3 nitrogen and oxygen atoms in total. The molecule has 0 aliphatic rings. The first-order valence-corrected chi connectivity index (χ1v) is 8.28. The number of carbonyl (C=O) groups excluding carboxylic acids is 1. The van der Waals surface area contributed by atoms with Crippen molar-refractivity contribution < 1.29 is 4.79 Å². The van der Waals surface area contributed by atoms with Gasteiger partial charge in [0.1, 0.15) is 0 Å². The van der Waals surface area contributed by atoms with Crippen molar-refractivity contribution in [1.29, 1.82) is 0 Å². The fourth-order valence-electron chi connectivity index (χ4n) is 2.61. The fourth-order valence-corrected chi connectivity index (χ4v) is 2.61. The van der Waals surface area contributed by atoms with Crippen molar-refractivity contribution >= 4 is 5.91 Å². The van der Waals surface area contributed by atoms with Crippen LogP contribution in [0.2, 0.25) is 0 Å². The van der Waals surface area contributed by atoms with E-state index in [1.54, 1.807) is 0 Å². The zero-order valence-corrected chi connectivity index (χ0v) is 14.0. The van der Waals surface area contributed by atoms with Crippen molar-refractivity contribution in [2.24, 2.45) is 5.92 Å². The van der Waals surface area contributed by atoms with Crippen LogP contribution in [0.25, 0.3) is 0 Å². The zero-order chi connectivity index (χ0) is 16.5. The van der Waals surface area contributed by atoms with Gasteiger partial charge in [-0.25, -0.2) is 0 Å². The molecule has 0 fully saturated rings. The van der Waals surface area contributed by atoms with Crippen LogP contribution in [-0.2, 0) is 0 Å². The topological polar surface area (TPSA) is 41.1 Å². The third-order valence-corrected chi connectivity index (χ3v) is 3.75. The van der Waals surface area contributed by atoms with Crippen molar-refractivity contribution in [2.75, 3.05) is 13.1 Å². The summed E-state index contributed by atoms with van der Waals surface area (Å²) in [4.78, 5) is 12.0. The maximum absolute atomic E-state index is 12.0. The van der Waals surface area contributed by atoms with Crippen LogP contribution in [-0.4, -0.2) is 19.0 Å². The van der Waals surface area contributed by atoms with E-state index in [0.29, 0.717) is 24.1 Å². The smallest absolute Gasteiger partial charge is 0.251 e. The molecule has 2 N–H and O–H groups in total. The summed E-state index contributed by atoms with van der Waals surface area (Å²) in [6.45, 7) is 5.84. The second-order valence-electron chi connectivity index (χ2n) is 6.17. The Labute approximate surface area is 139 Å². The molecule has 1 amide bonds. The predicted molar refractivity (Wildman–Crippen MR) is 95.4 cm³/mol. The second-order valence-corrected chi connectivity index (χ2v) is 6.17. The van der Waals surface area contributed by atoms with E-state index in [1.807, 2.05) is 36.4 Å². The highest BCUT2D eigenvalue weighted by Crippen LogP contribution is 2.20. The molecule has 0 saturated carbocycles. The Balaban J connectivity index is 1.81. The van der Waals surface area contributed by atoms with Crippen LogP contribution in [0.4, 0.5) is 0 Å². The SMILES string of the molecule is CC(C)C[C@@H](NCCNC(=O)c1ccccc1)c1ccccc1. The minimum atomic E-state index is -0.0208. The van der Waals surface area contributed by atoms with Crippen molar-refractivity contribution in [3.63, 3.8) is 0 Å². The standard InChI is InChI=1S/C20H26N2O/c1-16(2)15-19(17-9-5-3-6-10-17)21-13-14-22-20(23)18-11-7-4-8-12-18/h3-12,16,19,21H,13-15H2,1-2H3,(H,22,23)/t19-/m1/s1. The lowest BCUT2D eigenvalue weighted by atomic mass is 9.97. The third-order valence-electron chi connectivity index (χ3n) is 3.75. The Hall–Kier alpha value is -2.13. The molecule has 0 spiro atoms. The van der Waals surface area contributed by atoms with Crippen LogP contribution >= 0.6 is 0 Å². The van der Waals surface area contributed by atoms with Gasteiger partial charge in [0.2, 0.25) is 0 Å². The molecular formula is C20H26N2O. The van der Waals surface area contributed by atoms with Gasteiger partial charge in [-0.15, -0.1) is 0 Å². The number of amides is 1. The Morgan fingerprint density at radius 2 is 1.52 bits per heavy atom. The van der Waals surface area contributed by atoms with Gasteiger partial charge in [-0.3, -0.25) is 4.79 Å². The molecule has 0 radical (unpaired) electrons. The maximum atomic E-state index is 12.0. The van der Waals surface area contributed by atoms with Crippen molar-refractivity contribution in [2.45, 2.75) is 26.3 Å². The quantitative estimate of drug-likeness (QED) is 0.728. The number of hydrogen-bond donors (Lipinski definition) is 2. The summed E-state index contributed by atoms with van der Waals surface area (Å²) in [5, 5.41) is 6.52. The summed E-state index contributed by atoms with van der Waals surface area (Å²) in [5.41, 5.74) is 2.00. The molecule has 0 heterocycles. The van der Waals surface area contributed by atoms with Crippen LogP contribution in [0, 0.1) is 5.92 Å². The summed E-state index contributed by atoms with van der Waals surface area (Å²) in [5.74, 6) is 0.596. The maximum Gasteiger partial charge on any atom is 0.251 e. The number of benzene rings is 2. The Bertz CT molecular complexity index is 581. The molecule has 3 heteroatoms. The highest BCUT2D eigenvalue weighted by atomic mass is 16.1. The van der Waals surface area contributed by atoms with Gasteiger partial charge in [0.15, 0.2) is 0 Å². The van der Waals surface area contributed by atoms with E-state index < -0.39 is 0 Å². The minimum absolute atomic E-state index is 0.0208. The molecule has 0 bridgehead atoms. The van der Waals surface area contributed by atoms with Crippen LogP contribution < -0.4 is 10.6 Å². The first-order chi connectivity index (χ1) is 11.2. The summed E-state index contributed by atoms with van der Waals surface area (Å²) in [6, 6.07) is 20.1. The van der Waals surface area contributed by atoms with E-state index in [-0.39, 0.29) is 5.91 Å². The van der Waals surface area contributed by atoms with Crippen molar-refractivity contribution in [1.82, 2.24) is 10.6 Å². The molecule has 1 atom stereocenters. The van der Waals surface area contributed by atoms with E-state index in [2.05, 4.69) is 48.7 Å². The highest BCUT2D eigenvalue weighted by molar-refractivity contribution is 5.94. The van der Waals surface area contributed by atoms with E-state index in [9.17, 15) is 4.79 Å². The molecule has 0 saturated heterocycles. The van der Waals surface area contributed by atoms with Gasteiger partial charge in [0.25, 0.3) is 5.91 Å². The van der Waals surface area contributed by atoms with Gasteiger partial charge < -0.3 is 10.6 Å². The monoisotopic (exact) mass is 310 g/mol. The molecule has 23 heavy (non-hydrogen) atoms. The highest BCUT2D eigenvalue weighted by Gasteiger charge is 2.12. The van der Waals surface area contributed by atoms with Crippen LogP contribution in [0.3, 0.4) is 0 Å². The summed E-state index contributed by atoms with van der Waals surface area (Å²) in [7, 11) is 0. The first kappa shape index (κ1) is 17.2. The van der Waals surface area contributed by atoms with Crippen molar-refractivity contribution in [3.05, 3.63) is 71.8 Å². The molecular weight excluding hydrogens is 284 g/mol. The molecule has 122 valence electrons. The van der Waals surface area contributed by atoms with E-state index in [0.717, 1.165) is 13.0 Å². The van der Waals surface area contributed by atoms with E-state index >= 15 is 0 Å². The molecule has 0 unspecified atom stereocenters. The Morgan fingerprint density at radius 3 is 2.13 bits per heavy atom. The van der Waals surface area contributed by atoms with Gasteiger partial charge >= 0.3 is 0 Å². The Morgan fingerprint density at radius 1 is 0.913 bits per heavy atom. The average Bonchev–Trinajstić information content (AvgIpc) is 2.58. The average molecular weight is 310 g/mol. The molecule has 0 aliphatic heterocycles. The summed E-state index contributed by atoms with van der Waals surface area (Å²) in [6.07, 6.45) is 1.08. The zero-order valence-electron chi connectivity index (χ0n) is 14.0. The lowest BCUT2D eigenvalue weighted by molar-refractivity contribution is 0.0953. The lowest BCUT2D eigenvalue weighted by Gasteiger charge is -2.21. The number of nitrogens with one attached hydrogen (secondary N) is 2. The molecule has 0 aliphatic carbocycles. The van der Waals surface area contributed by atoms with Crippen LogP contribution in [0.15, 0.2) is 60.7 Å². The number of carbonyl (C=O) groups is 1. The van der Waals surface area contributed by atoms with Crippen molar-refractivity contribution in [3.8, 4) is 0 Å². The Kier molecular flexibility index (Phi) is 6.82. The molecule has 2 aromatic carbocycles. The van der Waals surface area contributed by atoms with Gasteiger partial charge in [-0.2, -0.15) is 0 Å². The number of hydrogen-bond acceptors (Lipinski definition) is 2. The first-order valence-electron chi connectivity index (χ1n) is 8.28. The van der Waals surface area contributed by atoms with E-state index in [1.165, 1.54) is 5.56 Å². The molecule has 2 rings (SSSR count). The number of rotatable bonds is 8. The predicted octanol–water partition coefficient (Wildman–Crippen LogP) is 3.79. The van der Waals surface area contributed by atoms with Gasteiger partial charge in [-0.1, -0.05) is 62.4 Å². The lowest BCUT2D eigenvalue weighted by Crippen LogP contribution is -2.34. The van der Waals surface area contributed by atoms with Crippen LogP contribution in [0.5, 0.6) is 0 Å². The summed E-state index contributed by atoms with van der Waals surface area (Å²) >= 11 is 0. The minimum Gasteiger partial charge on any atom is -0.351 e.